The van der Waals surface area contributed by atoms with E-state index >= 15 is 0 Å². The molecule has 12 rings (SSSR count). The first-order valence-electron chi connectivity index (χ1n) is 21.7. The van der Waals surface area contributed by atoms with Gasteiger partial charge in [-0.15, -0.1) is 11.3 Å². The quantitative estimate of drug-likeness (QED) is 0.157. The minimum absolute atomic E-state index is 0.876. The number of rotatable bonds is 9. The van der Waals surface area contributed by atoms with E-state index in [9.17, 15) is 0 Å². The zero-order valence-corrected chi connectivity index (χ0v) is 35.6. The van der Waals surface area contributed by atoms with Crippen molar-refractivity contribution < 1.29 is 4.42 Å². The van der Waals surface area contributed by atoms with Crippen molar-refractivity contribution >= 4 is 81.9 Å². The second kappa shape index (κ2) is 15.9. The van der Waals surface area contributed by atoms with Crippen LogP contribution >= 0.6 is 11.3 Å². The van der Waals surface area contributed by atoms with Crippen molar-refractivity contribution in [2.45, 2.75) is 0 Å². The van der Waals surface area contributed by atoms with Crippen LogP contribution in [-0.2, 0) is 0 Å². The average molecular weight is 837 g/mol. The van der Waals surface area contributed by atoms with E-state index in [0.29, 0.717) is 0 Å². The summed E-state index contributed by atoms with van der Waals surface area (Å²) in [5.41, 5.74) is 16.2. The molecule has 0 saturated carbocycles. The molecule has 10 aromatic carbocycles. The topological polar surface area (TPSA) is 28.4 Å². The van der Waals surface area contributed by atoms with Gasteiger partial charge in [0.1, 0.15) is 11.2 Å². The van der Waals surface area contributed by atoms with Crippen molar-refractivity contribution in [1.82, 2.24) is 0 Å². The zero-order valence-electron chi connectivity index (χ0n) is 34.8. The van der Waals surface area contributed by atoms with Gasteiger partial charge in [-0.1, -0.05) is 176 Å². The molecule has 64 heavy (non-hydrogen) atoms. The number of nitrogens with one attached hydrogen (secondary N) is 1. The first-order valence-corrected chi connectivity index (χ1v) is 22.5. The minimum atomic E-state index is 0.876. The fraction of sp³-hybridized carbons (Fsp3) is 0. The molecule has 0 bridgehead atoms. The van der Waals surface area contributed by atoms with Gasteiger partial charge in [0.2, 0.25) is 0 Å². The number of benzene rings is 10. The van der Waals surface area contributed by atoms with E-state index in [1.807, 2.05) is 29.5 Å². The van der Waals surface area contributed by atoms with Gasteiger partial charge >= 0.3 is 0 Å². The molecule has 0 saturated heterocycles. The molecule has 0 amide bonds. The highest BCUT2D eigenvalue weighted by Crippen LogP contribution is 2.44. The Hall–Kier alpha value is -8.18. The molecular formula is C60H40N2OS. The maximum atomic E-state index is 6.95. The SMILES string of the molecule is c1ccc(Nc2ccccc2-c2cccc3c2oc2c(-c4ccc(N(c5ccc(-c6ccccc6)cc5)c5ccc(-c6cccc7c6sc6ccccc67)cc5)cc4)cccc23)cc1. The molecule has 0 atom stereocenters. The van der Waals surface area contributed by atoms with Gasteiger partial charge in [0.15, 0.2) is 0 Å². The first-order chi connectivity index (χ1) is 31.7. The molecule has 12 aromatic rings. The lowest BCUT2D eigenvalue weighted by atomic mass is 9.99. The smallest absolute Gasteiger partial charge is 0.143 e. The number of para-hydroxylation sites is 4. The van der Waals surface area contributed by atoms with E-state index in [-0.39, 0.29) is 0 Å². The predicted molar refractivity (Wildman–Crippen MR) is 273 cm³/mol. The molecule has 0 aliphatic heterocycles. The summed E-state index contributed by atoms with van der Waals surface area (Å²) < 4.78 is 9.58. The summed E-state index contributed by atoms with van der Waals surface area (Å²) in [6.07, 6.45) is 0. The Morgan fingerprint density at radius 3 is 1.48 bits per heavy atom. The number of thiophene rings is 1. The van der Waals surface area contributed by atoms with Crippen molar-refractivity contribution in [3.05, 3.63) is 237 Å². The molecule has 2 heterocycles. The third-order valence-electron chi connectivity index (χ3n) is 12.3. The minimum Gasteiger partial charge on any atom is -0.455 e. The summed E-state index contributed by atoms with van der Waals surface area (Å²) in [7, 11) is 0. The monoisotopic (exact) mass is 836 g/mol. The molecule has 0 fully saturated rings. The summed E-state index contributed by atoms with van der Waals surface area (Å²) in [6.45, 7) is 0. The summed E-state index contributed by atoms with van der Waals surface area (Å²) in [5.74, 6) is 0. The predicted octanol–water partition coefficient (Wildman–Crippen LogP) is 17.8. The van der Waals surface area contributed by atoms with E-state index < -0.39 is 0 Å². The molecule has 1 N–H and O–H groups in total. The van der Waals surface area contributed by atoms with E-state index in [1.165, 1.54) is 42.4 Å². The van der Waals surface area contributed by atoms with Gasteiger partial charge in [-0.05, 0) is 88.5 Å². The van der Waals surface area contributed by atoms with E-state index in [0.717, 1.165) is 72.6 Å². The Balaban J connectivity index is 0.924. The van der Waals surface area contributed by atoms with Crippen LogP contribution in [-0.4, -0.2) is 0 Å². The summed E-state index contributed by atoms with van der Waals surface area (Å²) in [4.78, 5) is 2.34. The number of hydrogen-bond acceptors (Lipinski definition) is 4. The highest BCUT2D eigenvalue weighted by Gasteiger charge is 2.19. The van der Waals surface area contributed by atoms with Gasteiger partial charge in [0.25, 0.3) is 0 Å². The lowest BCUT2D eigenvalue weighted by molar-refractivity contribution is 0.671. The van der Waals surface area contributed by atoms with E-state index in [4.69, 9.17) is 4.42 Å². The van der Waals surface area contributed by atoms with Gasteiger partial charge in [0.05, 0.1) is 0 Å². The van der Waals surface area contributed by atoms with Crippen molar-refractivity contribution in [2.75, 3.05) is 10.2 Å². The Morgan fingerprint density at radius 2 is 0.797 bits per heavy atom. The van der Waals surface area contributed by atoms with Crippen LogP contribution in [0.4, 0.5) is 28.4 Å². The molecule has 0 spiro atoms. The van der Waals surface area contributed by atoms with Crippen LogP contribution in [0.2, 0.25) is 0 Å². The maximum absolute atomic E-state index is 6.95. The molecule has 302 valence electrons. The van der Waals surface area contributed by atoms with Gasteiger partial charge in [-0.25, -0.2) is 0 Å². The molecule has 0 aliphatic rings. The van der Waals surface area contributed by atoms with Crippen LogP contribution in [0.1, 0.15) is 0 Å². The Bertz CT molecular complexity index is 3610. The Labute approximate surface area is 375 Å². The normalized spacial score (nSPS) is 11.4. The summed E-state index contributed by atoms with van der Waals surface area (Å²) in [5, 5.41) is 8.44. The van der Waals surface area contributed by atoms with Crippen molar-refractivity contribution in [1.29, 1.82) is 0 Å². The van der Waals surface area contributed by atoms with Crippen LogP contribution in [0, 0.1) is 0 Å². The van der Waals surface area contributed by atoms with Crippen LogP contribution in [0.3, 0.4) is 0 Å². The Kier molecular flexibility index (Phi) is 9.36. The maximum Gasteiger partial charge on any atom is 0.143 e. The van der Waals surface area contributed by atoms with Crippen LogP contribution in [0.5, 0.6) is 0 Å². The number of anilines is 5. The molecular weight excluding hydrogens is 797 g/mol. The van der Waals surface area contributed by atoms with Gasteiger partial charge in [-0.3, -0.25) is 0 Å². The standard InChI is InChI=1S/C60H40N2OS/c1-3-14-40(15-4-1)41-28-34-45(35-29-41)62(47-38-32-43(33-39-47)49-21-12-25-55-51-19-8-10-27-57(51)64-60(49)55)46-36-30-42(31-37-46)48-20-11-23-53-54-24-13-22-52(59(54)63-58(48)53)50-18-7-9-26-56(50)61-44-16-5-2-6-17-44/h1-39,61H. The fourth-order valence-electron chi connectivity index (χ4n) is 9.20. The largest absolute Gasteiger partial charge is 0.455 e. The summed E-state index contributed by atoms with van der Waals surface area (Å²) >= 11 is 1.87. The number of hydrogen-bond donors (Lipinski definition) is 1. The molecule has 3 nitrogen and oxygen atoms in total. The summed E-state index contributed by atoms with van der Waals surface area (Å²) in [6, 6.07) is 84.4. The van der Waals surface area contributed by atoms with Crippen molar-refractivity contribution in [3.8, 4) is 44.5 Å². The molecule has 0 aliphatic carbocycles. The van der Waals surface area contributed by atoms with Crippen LogP contribution in [0.25, 0.3) is 86.6 Å². The second-order valence-electron chi connectivity index (χ2n) is 16.1. The lowest BCUT2D eigenvalue weighted by Crippen LogP contribution is -2.09. The molecule has 4 heteroatoms. The highest BCUT2D eigenvalue weighted by atomic mass is 32.1. The highest BCUT2D eigenvalue weighted by molar-refractivity contribution is 7.26. The lowest BCUT2D eigenvalue weighted by Gasteiger charge is -2.26. The number of furan rings is 1. The van der Waals surface area contributed by atoms with Crippen LogP contribution < -0.4 is 10.2 Å². The zero-order chi connectivity index (χ0) is 42.4. The molecule has 2 aromatic heterocycles. The van der Waals surface area contributed by atoms with Crippen LogP contribution in [0.15, 0.2) is 241 Å². The van der Waals surface area contributed by atoms with Crippen molar-refractivity contribution in [3.63, 3.8) is 0 Å². The van der Waals surface area contributed by atoms with Gasteiger partial charge < -0.3 is 14.6 Å². The third kappa shape index (κ3) is 6.69. The van der Waals surface area contributed by atoms with Gasteiger partial charge in [0, 0.05) is 76.1 Å². The number of nitrogens with zero attached hydrogens (tertiary/aromatic N) is 1. The fourth-order valence-corrected chi connectivity index (χ4v) is 10.4. The molecule has 0 unspecified atom stereocenters. The van der Waals surface area contributed by atoms with Gasteiger partial charge in [-0.2, -0.15) is 0 Å². The van der Waals surface area contributed by atoms with Crippen molar-refractivity contribution in [2.24, 2.45) is 0 Å². The molecule has 0 radical (unpaired) electrons. The first kappa shape index (κ1) is 37.6. The second-order valence-corrected chi connectivity index (χ2v) is 17.2. The van der Waals surface area contributed by atoms with E-state index in [2.05, 4.69) is 229 Å². The third-order valence-corrected chi connectivity index (χ3v) is 13.5. The number of fused-ring (bicyclic) bond motifs is 6. The average Bonchev–Trinajstić information content (AvgIpc) is 3.95. The van der Waals surface area contributed by atoms with E-state index in [1.54, 1.807) is 0 Å². The Morgan fingerprint density at radius 1 is 0.328 bits per heavy atom.